The molecule has 2 N–H and O–H groups in total. The van der Waals surface area contributed by atoms with Crippen LogP contribution in [0.2, 0.25) is 0 Å². The molecule has 1 atom stereocenters. The van der Waals surface area contributed by atoms with Crippen molar-refractivity contribution in [2.45, 2.75) is 32.2 Å². The molecule has 0 aliphatic heterocycles. The minimum Gasteiger partial charge on any atom is -0.469 e. The number of nitrogens with two attached hydrogens (primary N) is 1. The summed E-state index contributed by atoms with van der Waals surface area (Å²) in [5, 5.41) is 0. The Morgan fingerprint density at radius 1 is 1.18 bits per heavy atom. The number of hydrogen-bond donors (Lipinski definition) is 1. The Kier molecular flexibility index (Phi) is 3.99. The third-order valence-electron chi connectivity index (χ3n) is 3.09. The van der Waals surface area contributed by atoms with Crippen LogP contribution in [0.15, 0.2) is 47.1 Å². The minimum absolute atomic E-state index is 0.167. The largest absolute Gasteiger partial charge is 0.469 e. The molecular formula is C15H19NO. The fourth-order valence-corrected chi connectivity index (χ4v) is 2.02. The smallest absolute Gasteiger partial charge is 0.105 e. The molecule has 90 valence electrons. The molecule has 1 aromatic carbocycles. The molecule has 1 aromatic heterocycles. The highest BCUT2D eigenvalue weighted by molar-refractivity contribution is 5.25. The van der Waals surface area contributed by atoms with Crippen molar-refractivity contribution in [3.05, 3.63) is 59.5 Å². The van der Waals surface area contributed by atoms with Gasteiger partial charge in [-0.2, -0.15) is 0 Å². The molecule has 0 amide bonds. The van der Waals surface area contributed by atoms with E-state index in [4.69, 9.17) is 10.2 Å². The van der Waals surface area contributed by atoms with Gasteiger partial charge in [-0.3, -0.25) is 0 Å². The molecule has 0 spiro atoms. The fourth-order valence-electron chi connectivity index (χ4n) is 2.02. The van der Waals surface area contributed by atoms with E-state index in [0.717, 1.165) is 25.0 Å². The summed E-state index contributed by atoms with van der Waals surface area (Å²) in [6.07, 6.45) is 4.54. The average Bonchev–Trinajstić information content (AvgIpc) is 2.81. The Labute approximate surface area is 102 Å². The van der Waals surface area contributed by atoms with Gasteiger partial charge in [0.25, 0.3) is 0 Å². The highest BCUT2D eigenvalue weighted by atomic mass is 16.3. The quantitative estimate of drug-likeness (QED) is 0.855. The van der Waals surface area contributed by atoms with Crippen LogP contribution >= 0.6 is 0 Å². The minimum atomic E-state index is 0.167. The van der Waals surface area contributed by atoms with Crippen LogP contribution in [0.1, 0.15) is 23.3 Å². The van der Waals surface area contributed by atoms with Crippen molar-refractivity contribution in [3.63, 3.8) is 0 Å². The number of rotatable bonds is 5. The van der Waals surface area contributed by atoms with Gasteiger partial charge in [0.1, 0.15) is 5.76 Å². The zero-order valence-electron chi connectivity index (χ0n) is 10.2. The lowest BCUT2D eigenvalue weighted by atomic mass is 9.99. The van der Waals surface area contributed by atoms with E-state index < -0.39 is 0 Å². The standard InChI is InChI=1S/C15H19NO/c1-12-5-2-3-6-13(12)8-9-14(16)11-15-7-4-10-17-15/h2-7,10,14H,8-9,11,16H2,1H3. The summed E-state index contributed by atoms with van der Waals surface area (Å²) >= 11 is 0. The van der Waals surface area contributed by atoms with Gasteiger partial charge in [-0.1, -0.05) is 24.3 Å². The van der Waals surface area contributed by atoms with Crippen LogP contribution in [0.25, 0.3) is 0 Å². The fraction of sp³-hybridized carbons (Fsp3) is 0.333. The molecule has 2 aromatic rings. The molecule has 2 rings (SSSR count). The van der Waals surface area contributed by atoms with E-state index in [9.17, 15) is 0 Å². The Balaban J connectivity index is 1.84. The number of aryl methyl sites for hydroxylation is 2. The van der Waals surface area contributed by atoms with Gasteiger partial charge < -0.3 is 10.2 Å². The van der Waals surface area contributed by atoms with Gasteiger partial charge >= 0.3 is 0 Å². The highest BCUT2D eigenvalue weighted by Gasteiger charge is 2.07. The van der Waals surface area contributed by atoms with Crippen LogP contribution in [0, 0.1) is 6.92 Å². The molecule has 0 aliphatic carbocycles. The van der Waals surface area contributed by atoms with Crippen LogP contribution in [-0.4, -0.2) is 6.04 Å². The molecule has 2 nitrogen and oxygen atoms in total. The molecule has 17 heavy (non-hydrogen) atoms. The third-order valence-corrected chi connectivity index (χ3v) is 3.09. The summed E-state index contributed by atoms with van der Waals surface area (Å²) in [5.74, 6) is 0.974. The first-order valence-corrected chi connectivity index (χ1v) is 6.08. The molecule has 2 heteroatoms. The number of hydrogen-bond acceptors (Lipinski definition) is 2. The van der Waals surface area contributed by atoms with Crippen molar-refractivity contribution in [2.75, 3.05) is 0 Å². The van der Waals surface area contributed by atoms with Gasteiger partial charge in [0.15, 0.2) is 0 Å². The van der Waals surface area contributed by atoms with E-state index in [1.54, 1.807) is 6.26 Å². The summed E-state index contributed by atoms with van der Waals surface area (Å²) in [4.78, 5) is 0. The first-order chi connectivity index (χ1) is 8.25. The maximum absolute atomic E-state index is 6.10. The molecule has 0 bridgehead atoms. The summed E-state index contributed by atoms with van der Waals surface area (Å²) in [5.41, 5.74) is 8.84. The lowest BCUT2D eigenvalue weighted by molar-refractivity contribution is 0.474. The Bertz CT molecular complexity index is 448. The first-order valence-electron chi connectivity index (χ1n) is 6.08. The van der Waals surface area contributed by atoms with Crippen molar-refractivity contribution >= 4 is 0 Å². The van der Waals surface area contributed by atoms with Crippen LogP contribution in [-0.2, 0) is 12.8 Å². The zero-order valence-corrected chi connectivity index (χ0v) is 10.2. The second-order valence-corrected chi connectivity index (χ2v) is 4.51. The van der Waals surface area contributed by atoms with Gasteiger partial charge in [-0.15, -0.1) is 0 Å². The van der Waals surface area contributed by atoms with Gasteiger partial charge in [0, 0.05) is 12.5 Å². The summed E-state index contributed by atoms with van der Waals surface area (Å²) in [6.45, 7) is 2.15. The summed E-state index contributed by atoms with van der Waals surface area (Å²) in [7, 11) is 0. The third kappa shape index (κ3) is 3.46. The highest BCUT2D eigenvalue weighted by Crippen LogP contribution is 2.12. The van der Waals surface area contributed by atoms with Crippen molar-refractivity contribution in [2.24, 2.45) is 5.73 Å². The van der Waals surface area contributed by atoms with Crippen molar-refractivity contribution in [1.82, 2.24) is 0 Å². The van der Waals surface area contributed by atoms with Crippen molar-refractivity contribution in [3.8, 4) is 0 Å². The maximum atomic E-state index is 6.10. The topological polar surface area (TPSA) is 39.2 Å². The van der Waals surface area contributed by atoms with Crippen LogP contribution in [0.3, 0.4) is 0 Å². The average molecular weight is 229 g/mol. The Morgan fingerprint density at radius 3 is 2.71 bits per heavy atom. The van der Waals surface area contributed by atoms with E-state index in [1.807, 2.05) is 12.1 Å². The normalized spacial score (nSPS) is 12.6. The predicted octanol–water partition coefficient (Wildman–Crippen LogP) is 3.09. The number of benzene rings is 1. The maximum Gasteiger partial charge on any atom is 0.105 e. The predicted molar refractivity (Wildman–Crippen MR) is 69.9 cm³/mol. The molecular weight excluding hydrogens is 210 g/mol. The van der Waals surface area contributed by atoms with E-state index in [-0.39, 0.29) is 6.04 Å². The van der Waals surface area contributed by atoms with Gasteiger partial charge in [-0.25, -0.2) is 0 Å². The van der Waals surface area contributed by atoms with Crippen molar-refractivity contribution < 1.29 is 4.42 Å². The van der Waals surface area contributed by atoms with E-state index in [2.05, 4.69) is 31.2 Å². The SMILES string of the molecule is Cc1ccccc1CCC(N)Cc1ccco1. The molecule has 0 fully saturated rings. The second kappa shape index (κ2) is 5.69. The van der Waals surface area contributed by atoms with Crippen LogP contribution < -0.4 is 5.73 Å². The van der Waals surface area contributed by atoms with Gasteiger partial charge in [-0.05, 0) is 43.0 Å². The van der Waals surface area contributed by atoms with E-state index in [0.29, 0.717) is 0 Å². The Hall–Kier alpha value is -1.54. The lowest BCUT2D eigenvalue weighted by Gasteiger charge is -2.11. The molecule has 0 radical (unpaired) electrons. The van der Waals surface area contributed by atoms with Crippen LogP contribution in [0.4, 0.5) is 0 Å². The van der Waals surface area contributed by atoms with E-state index >= 15 is 0 Å². The Morgan fingerprint density at radius 2 is 2.00 bits per heavy atom. The zero-order chi connectivity index (χ0) is 12.1. The summed E-state index contributed by atoms with van der Waals surface area (Å²) in [6, 6.07) is 12.5. The molecule has 1 heterocycles. The monoisotopic (exact) mass is 229 g/mol. The molecule has 0 saturated carbocycles. The van der Waals surface area contributed by atoms with Crippen LogP contribution in [0.5, 0.6) is 0 Å². The molecule has 0 saturated heterocycles. The first kappa shape index (κ1) is 11.9. The van der Waals surface area contributed by atoms with E-state index in [1.165, 1.54) is 11.1 Å². The van der Waals surface area contributed by atoms with Gasteiger partial charge in [0.2, 0.25) is 0 Å². The summed E-state index contributed by atoms with van der Waals surface area (Å²) < 4.78 is 5.30. The number of furan rings is 1. The molecule has 0 aliphatic rings. The lowest BCUT2D eigenvalue weighted by Crippen LogP contribution is -2.23. The second-order valence-electron chi connectivity index (χ2n) is 4.51. The molecule has 1 unspecified atom stereocenters. The van der Waals surface area contributed by atoms with Gasteiger partial charge in [0.05, 0.1) is 6.26 Å². The van der Waals surface area contributed by atoms with Crippen molar-refractivity contribution in [1.29, 1.82) is 0 Å².